The summed E-state index contributed by atoms with van der Waals surface area (Å²) < 4.78 is 0. The van der Waals surface area contributed by atoms with Gasteiger partial charge in [0.25, 0.3) is 0 Å². The molecule has 0 aromatic heterocycles. The lowest BCUT2D eigenvalue weighted by atomic mass is 9.99. The van der Waals surface area contributed by atoms with Crippen LogP contribution in [0.25, 0.3) is 0 Å². The number of hydrogen-bond donors (Lipinski definition) is 2. The van der Waals surface area contributed by atoms with Gasteiger partial charge in [-0.3, -0.25) is 4.79 Å². The zero-order chi connectivity index (χ0) is 11.2. The van der Waals surface area contributed by atoms with Crippen molar-refractivity contribution in [2.75, 3.05) is 13.6 Å². The molecule has 0 aliphatic heterocycles. The first-order valence-electron chi connectivity index (χ1n) is 5.43. The van der Waals surface area contributed by atoms with Crippen molar-refractivity contribution in [3.05, 3.63) is 0 Å². The van der Waals surface area contributed by atoms with Crippen molar-refractivity contribution < 1.29 is 4.79 Å². The van der Waals surface area contributed by atoms with Crippen LogP contribution >= 0.6 is 0 Å². The van der Waals surface area contributed by atoms with Crippen LogP contribution in [-0.4, -0.2) is 31.0 Å². The first-order chi connectivity index (χ1) is 6.47. The molecule has 84 valence electrons. The van der Waals surface area contributed by atoms with Crippen molar-refractivity contribution in [3.63, 3.8) is 0 Å². The van der Waals surface area contributed by atoms with Crippen LogP contribution in [0, 0.1) is 0 Å². The average Bonchev–Trinajstić information content (AvgIpc) is 2.19. The highest BCUT2D eigenvalue weighted by atomic mass is 16.1. The van der Waals surface area contributed by atoms with Gasteiger partial charge in [-0.1, -0.05) is 13.8 Å². The summed E-state index contributed by atoms with van der Waals surface area (Å²) in [6, 6.07) is 0.464. The topological polar surface area (TPSA) is 41.1 Å². The molecule has 0 aromatic rings. The third-order valence-electron chi connectivity index (χ3n) is 2.86. The number of nitrogens with one attached hydrogen (secondary N) is 2. The smallest absolute Gasteiger partial charge is 0.165 e. The highest BCUT2D eigenvalue weighted by molar-refractivity contribution is 5.89. The SMILES string of the molecule is CCC(CC)NCC(=O)C(C)(C)NC. The summed E-state index contributed by atoms with van der Waals surface area (Å²) in [6.07, 6.45) is 2.15. The lowest BCUT2D eigenvalue weighted by Gasteiger charge is -2.24. The molecule has 3 nitrogen and oxygen atoms in total. The Balaban J connectivity index is 3.95. The molecule has 0 atom stereocenters. The van der Waals surface area contributed by atoms with Crippen molar-refractivity contribution in [1.29, 1.82) is 0 Å². The second-order valence-corrected chi connectivity index (χ2v) is 4.19. The van der Waals surface area contributed by atoms with Gasteiger partial charge in [0.2, 0.25) is 0 Å². The maximum atomic E-state index is 11.7. The number of likely N-dealkylation sites (N-methyl/N-ethyl adjacent to an activating group) is 1. The van der Waals surface area contributed by atoms with Gasteiger partial charge in [0.1, 0.15) is 0 Å². The van der Waals surface area contributed by atoms with Gasteiger partial charge in [0, 0.05) is 6.04 Å². The molecule has 0 bridgehead atoms. The summed E-state index contributed by atoms with van der Waals surface area (Å²) in [5, 5.41) is 6.28. The summed E-state index contributed by atoms with van der Waals surface area (Å²) in [6.45, 7) is 8.54. The van der Waals surface area contributed by atoms with Crippen molar-refractivity contribution in [2.24, 2.45) is 0 Å². The molecule has 0 unspecified atom stereocenters. The van der Waals surface area contributed by atoms with Crippen LogP contribution in [0.15, 0.2) is 0 Å². The van der Waals surface area contributed by atoms with Crippen molar-refractivity contribution in [2.45, 2.75) is 52.1 Å². The molecular weight excluding hydrogens is 176 g/mol. The summed E-state index contributed by atoms with van der Waals surface area (Å²) in [4.78, 5) is 11.7. The van der Waals surface area contributed by atoms with E-state index >= 15 is 0 Å². The Kier molecular flexibility index (Phi) is 5.96. The number of carbonyl (C=O) groups excluding carboxylic acids is 1. The predicted molar refractivity (Wildman–Crippen MR) is 60.5 cm³/mol. The van der Waals surface area contributed by atoms with E-state index in [0.717, 1.165) is 12.8 Å². The van der Waals surface area contributed by atoms with Crippen molar-refractivity contribution in [3.8, 4) is 0 Å². The highest BCUT2D eigenvalue weighted by Crippen LogP contribution is 2.03. The largest absolute Gasteiger partial charge is 0.308 e. The average molecular weight is 200 g/mol. The molecule has 0 aromatic carbocycles. The molecule has 0 spiro atoms. The predicted octanol–water partition coefficient (Wildman–Crippen LogP) is 1.33. The molecule has 0 fully saturated rings. The zero-order valence-corrected chi connectivity index (χ0v) is 10.1. The number of ketones is 1. The molecule has 0 radical (unpaired) electrons. The molecule has 3 heteroatoms. The molecule has 0 heterocycles. The van der Waals surface area contributed by atoms with E-state index in [9.17, 15) is 4.79 Å². The van der Waals surface area contributed by atoms with Crippen LogP contribution in [0.3, 0.4) is 0 Å². The number of Topliss-reactive ketones (excluding diaryl/α,β-unsaturated/α-hetero) is 1. The van der Waals surface area contributed by atoms with E-state index in [1.807, 2.05) is 20.9 Å². The minimum absolute atomic E-state index is 0.215. The van der Waals surface area contributed by atoms with E-state index in [-0.39, 0.29) is 5.78 Å². The Morgan fingerprint density at radius 3 is 2.14 bits per heavy atom. The highest BCUT2D eigenvalue weighted by Gasteiger charge is 2.24. The van der Waals surface area contributed by atoms with E-state index in [1.54, 1.807) is 0 Å². The number of rotatable bonds is 7. The standard InChI is InChI=1S/C11H24N2O/c1-6-9(7-2)13-8-10(14)11(3,4)12-5/h9,12-13H,6-8H2,1-5H3. The number of hydrogen-bond acceptors (Lipinski definition) is 3. The monoisotopic (exact) mass is 200 g/mol. The Morgan fingerprint density at radius 1 is 1.29 bits per heavy atom. The van der Waals surface area contributed by atoms with Crippen LogP contribution < -0.4 is 10.6 Å². The third kappa shape index (κ3) is 4.20. The van der Waals surface area contributed by atoms with Gasteiger partial charge >= 0.3 is 0 Å². The van der Waals surface area contributed by atoms with Crippen LogP contribution in [0.1, 0.15) is 40.5 Å². The van der Waals surface area contributed by atoms with E-state index in [2.05, 4.69) is 24.5 Å². The van der Waals surface area contributed by atoms with Gasteiger partial charge < -0.3 is 10.6 Å². The quantitative estimate of drug-likeness (QED) is 0.651. The second kappa shape index (κ2) is 6.14. The molecule has 0 rings (SSSR count). The Morgan fingerprint density at radius 2 is 1.79 bits per heavy atom. The van der Waals surface area contributed by atoms with Crippen molar-refractivity contribution >= 4 is 5.78 Å². The molecule has 0 aliphatic rings. The van der Waals surface area contributed by atoms with Crippen LogP contribution in [0.2, 0.25) is 0 Å². The maximum absolute atomic E-state index is 11.7. The summed E-state index contributed by atoms with van der Waals surface area (Å²) in [5.74, 6) is 0.215. The minimum Gasteiger partial charge on any atom is -0.308 e. The van der Waals surface area contributed by atoms with Crippen LogP contribution in [0.4, 0.5) is 0 Å². The second-order valence-electron chi connectivity index (χ2n) is 4.19. The van der Waals surface area contributed by atoms with Crippen molar-refractivity contribution in [1.82, 2.24) is 10.6 Å². The van der Waals surface area contributed by atoms with Gasteiger partial charge in [-0.2, -0.15) is 0 Å². The van der Waals surface area contributed by atoms with E-state index in [1.165, 1.54) is 0 Å². The van der Waals surface area contributed by atoms with E-state index in [4.69, 9.17) is 0 Å². The first-order valence-corrected chi connectivity index (χ1v) is 5.43. The summed E-state index contributed by atoms with van der Waals surface area (Å²) >= 11 is 0. The lowest BCUT2D eigenvalue weighted by Crippen LogP contribution is -2.49. The molecule has 0 saturated heterocycles. The normalized spacial score (nSPS) is 12.1. The molecule has 2 N–H and O–H groups in total. The summed E-state index contributed by atoms with van der Waals surface area (Å²) in [7, 11) is 1.81. The fourth-order valence-electron chi connectivity index (χ4n) is 1.17. The Labute approximate surface area is 87.6 Å². The zero-order valence-electron chi connectivity index (χ0n) is 10.1. The lowest BCUT2D eigenvalue weighted by molar-refractivity contribution is -0.123. The third-order valence-corrected chi connectivity index (χ3v) is 2.86. The number of carbonyl (C=O) groups is 1. The van der Waals surface area contributed by atoms with Gasteiger partial charge in [-0.15, -0.1) is 0 Å². The van der Waals surface area contributed by atoms with Gasteiger partial charge in [0.05, 0.1) is 12.1 Å². The molecule has 14 heavy (non-hydrogen) atoms. The molecule has 0 aliphatic carbocycles. The minimum atomic E-state index is -0.418. The van der Waals surface area contributed by atoms with Crippen LogP contribution in [0.5, 0.6) is 0 Å². The van der Waals surface area contributed by atoms with Gasteiger partial charge in [-0.05, 0) is 33.7 Å². The molecular formula is C11H24N2O. The Hall–Kier alpha value is -0.410. The van der Waals surface area contributed by atoms with E-state index < -0.39 is 5.54 Å². The first kappa shape index (κ1) is 13.6. The molecule has 0 amide bonds. The fourth-order valence-corrected chi connectivity index (χ4v) is 1.17. The maximum Gasteiger partial charge on any atom is 0.165 e. The summed E-state index contributed by atoms with van der Waals surface area (Å²) in [5.41, 5.74) is -0.418. The fraction of sp³-hybridized carbons (Fsp3) is 0.909. The Bertz CT molecular complexity index is 174. The van der Waals surface area contributed by atoms with Crippen LogP contribution in [-0.2, 0) is 4.79 Å². The van der Waals surface area contributed by atoms with E-state index in [0.29, 0.717) is 12.6 Å². The molecule has 0 saturated carbocycles. The van der Waals surface area contributed by atoms with Gasteiger partial charge in [0.15, 0.2) is 5.78 Å². The van der Waals surface area contributed by atoms with Gasteiger partial charge in [-0.25, -0.2) is 0 Å².